The van der Waals surface area contributed by atoms with Gasteiger partial charge in [0.05, 0.1) is 33.6 Å². The summed E-state index contributed by atoms with van der Waals surface area (Å²) in [7, 11) is -1.24. The normalized spacial score (nSPS) is 17.1. The van der Waals surface area contributed by atoms with Crippen LogP contribution >= 0.6 is 0 Å². The first-order chi connectivity index (χ1) is 51.9. The lowest BCUT2D eigenvalue weighted by Crippen LogP contribution is -2.41. The third kappa shape index (κ3) is 11.4. The van der Waals surface area contributed by atoms with Crippen LogP contribution in [0.4, 0.5) is 0 Å². The minimum atomic E-state index is -0.431. The fourth-order valence-electron chi connectivity index (χ4n) is 16.0. The summed E-state index contributed by atoms with van der Waals surface area (Å²) in [5.74, 6) is 0. The first-order valence-electron chi connectivity index (χ1n) is 37.6. The van der Waals surface area contributed by atoms with Gasteiger partial charge in [-0.15, -0.1) is 0 Å². The van der Waals surface area contributed by atoms with Crippen LogP contribution in [0.1, 0.15) is 83.1 Å². The molecule has 0 aliphatic carbocycles. The fourth-order valence-corrected chi connectivity index (χ4v) is 16.0. The van der Waals surface area contributed by atoms with Crippen molar-refractivity contribution in [3.63, 3.8) is 0 Å². The Bertz CT molecular complexity index is 6650. The first-order valence-corrected chi connectivity index (χ1v) is 37.6. The zero-order valence-electron chi connectivity index (χ0n) is 62.9. The molecule has 15 aromatic carbocycles. The molecule has 0 amide bonds. The second-order valence-corrected chi connectivity index (χ2v) is 32.6. The van der Waals surface area contributed by atoms with Crippen molar-refractivity contribution in [1.82, 2.24) is 0 Å². The number of para-hydroxylation sites is 1. The molecule has 0 bridgehead atoms. The summed E-state index contributed by atoms with van der Waals surface area (Å²) in [5.41, 5.74) is 13.3. The molecule has 18 aromatic rings. The van der Waals surface area contributed by atoms with E-state index in [4.69, 9.17) is 41.2 Å². The van der Waals surface area contributed by atoms with Crippen molar-refractivity contribution in [3.05, 3.63) is 273 Å². The van der Waals surface area contributed by atoms with Crippen LogP contribution < -0.4 is 16.4 Å². The maximum absolute atomic E-state index is 6.50. The van der Waals surface area contributed by atoms with Gasteiger partial charge >= 0.3 is 21.4 Å². The molecular weight excluding hydrogens is 1330 g/mol. The third-order valence-electron chi connectivity index (χ3n) is 24.3. The van der Waals surface area contributed by atoms with Crippen molar-refractivity contribution >= 4 is 168 Å². The molecule has 6 heterocycles. The highest BCUT2D eigenvalue weighted by Gasteiger charge is 2.54. The number of rotatable bonds is 6. The Balaban J connectivity index is 0.000000110. The minimum Gasteiger partial charge on any atom is -0.456 e. The molecule has 0 saturated carbocycles. The molecule has 3 saturated heterocycles. The van der Waals surface area contributed by atoms with Gasteiger partial charge in [0.1, 0.15) is 33.5 Å². The Morgan fingerprint density at radius 3 is 1.00 bits per heavy atom. The zero-order valence-corrected chi connectivity index (χ0v) is 62.9. The van der Waals surface area contributed by atoms with Gasteiger partial charge in [0, 0.05) is 32.3 Å². The van der Waals surface area contributed by atoms with Gasteiger partial charge in [-0.25, -0.2) is 0 Å². The quantitative estimate of drug-likeness (QED) is 0.151. The molecule has 3 aliphatic rings. The lowest BCUT2D eigenvalue weighted by atomic mass is 9.74. The van der Waals surface area contributed by atoms with Crippen molar-refractivity contribution in [2.45, 2.75) is 117 Å². The maximum atomic E-state index is 6.50. The van der Waals surface area contributed by atoms with E-state index in [2.05, 4.69) is 344 Å². The summed E-state index contributed by atoms with van der Waals surface area (Å²) >= 11 is 0. The summed E-state index contributed by atoms with van der Waals surface area (Å²) in [4.78, 5) is 0. The monoisotopic (exact) mass is 1410 g/mol. The molecule has 12 heteroatoms. The van der Waals surface area contributed by atoms with Gasteiger partial charge in [-0.05, 0) is 282 Å². The standard InChI is InChI=1S/3C32H27BO3/c1-31(2)32(3,4)36-33(35-31)28-17-22(16-20-10-5-6-12-24(20)28)23-14-9-11-21-18-30-27(19-26(21)23)25-13-7-8-15-29(25)34-30;1-31(2)32(3,4)36-33(35-31)28-18-24(15-23-11-7-8-12-25(23)28)22-13-14-29-26(17-22)27-16-20-9-5-6-10-21(20)19-30(27)34-29;1-31(2)32(3,4)36-33(35-31)28-11-7-10-24-16-22(12-14-25(24)28)23-13-15-29-26(18-23)27-17-20-8-5-6-9-21(20)19-30(27)34-29/h3*5-19H,1-4H3. The van der Waals surface area contributed by atoms with Crippen molar-refractivity contribution in [3.8, 4) is 33.4 Å². The van der Waals surface area contributed by atoms with Crippen molar-refractivity contribution in [2.24, 2.45) is 0 Å². The van der Waals surface area contributed by atoms with Gasteiger partial charge in [0.15, 0.2) is 0 Å². The van der Waals surface area contributed by atoms with E-state index in [1.165, 1.54) is 59.8 Å². The van der Waals surface area contributed by atoms with Crippen LogP contribution in [0.25, 0.3) is 164 Å². The Labute approximate surface area is 628 Å². The average Bonchev–Trinajstić information content (AvgIpc) is 1.46. The first kappa shape index (κ1) is 67.8. The molecule has 9 nitrogen and oxygen atoms in total. The van der Waals surface area contributed by atoms with E-state index >= 15 is 0 Å². The highest BCUT2D eigenvalue weighted by molar-refractivity contribution is 6.66. The van der Waals surface area contributed by atoms with Gasteiger partial charge in [0.2, 0.25) is 0 Å². The van der Waals surface area contributed by atoms with Crippen LogP contribution in [-0.4, -0.2) is 55.0 Å². The molecule has 3 aliphatic heterocycles. The Morgan fingerprint density at radius 2 is 0.500 bits per heavy atom. The molecule has 0 unspecified atom stereocenters. The predicted octanol–water partition coefficient (Wildman–Crippen LogP) is 23.6. The summed E-state index contributed by atoms with van der Waals surface area (Å²) < 4.78 is 57.2. The summed E-state index contributed by atoms with van der Waals surface area (Å²) in [6.07, 6.45) is 0. The molecular formula is C96H81B3O9. The lowest BCUT2D eigenvalue weighted by molar-refractivity contribution is 0.00578. The van der Waals surface area contributed by atoms with Gasteiger partial charge in [-0.1, -0.05) is 188 Å². The van der Waals surface area contributed by atoms with Crippen molar-refractivity contribution in [2.75, 3.05) is 0 Å². The Morgan fingerprint density at radius 1 is 0.185 bits per heavy atom. The second kappa shape index (κ2) is 24.9. The van der Waals surface area contributed by atoms with E-state index in [9.17, 15) is 0 Å². The van der Waals surface area contributed by atoms with E-state index in [1.807, 2.05) is 12.1 Å². The Kier molecular flexibility index (Phi) is 15.6. The van der Waals surface area contributed by atoms with E-state index in [0.29, 0.717) is 0 Å². The van der Waals surface area contributed by atoms with Crippen LogP contribution in [0.3, 0.4) is 0 Å². The van der Waals surface area contributed by atoms with Crippen molar-refractivity contribution in [1.29, 1.82) is 0 Å². The van der Waals surface area contributed by atoms with E-state index in [1.54, 1.807) is 0 Å². The molecule has 21 rings (SSSR count). The van der Waals surface area contributed by atoms with Crippen LogP contribution in [0.15, 0.2) is 286 Å². The predicted molar refractivity (Wildman–Crippen MR) is 450 cm³/mol. The SMILES string of the molecule is CC1(C)OB(c2cc(-c3ccc4oc5cc6ccccc6cc5c4c3)cc3ccccc23)OC1(C)C.CC1(C)OB(c2cc(-c3cccc4cc5oc6ccccc6c5cc34)cc3ccccc23)OC1(C)C.CC1(C)OB(c2cccc3cc(-c4ccc5oc6cc7ccccc7cc6c5c4)ccc23)OC1(C)C. The lowest BCUT2D eigenvalue weighted by Gasteiger charge is -2.32. The number of benzene rings is 15. The van der Waals surface area contributed by atoms with Crippen LogP contribution in [-0.2, 0) is 27.9 Å². The number of hydrogen-bond acceptors (Lipinski definition) is 9. The van der Waals surface area contributed by atoms with Crippen molar-refractivity contribution < 1.29 is 41.2 Å². The van der Waals surface area contributed by atoms with Crippen LogP contribution in [0.2, 0.25) is 0 Å². The largest absolute Gasteiger partial charge is 0.495 e. The topological polar surface area (TPSA) is 94.8 Å². The number of fused-ring (bicyclic) bond motifs is 15. The number of hydrogen-bond donors (Lipinski definition) is 0. The molecule has 0 radical (unpaired) electrons. The molecule has 3 aromatic heterocycles. The zero-order chi connectivity index (χ0) is 74.0. The van der Waals surface area contributed by atoms with Gasteiger partial charge in [0.25, 0.3) is 0 Å². The summed E-state index contributed by atoms with van der Waals surface area (Å²) in [6, 6.07) is 96.6. The Hall–Kier alpha value is -10.8. The fraction of sp³-hybridized carbons (Fsp3) is 0.188. The van der Waals surface area contributed by atoms with Crippen LogP contribution in [0, 0.1) is 0 Å². The van der Waals surface area contributed by atoms with Gasteiger partial charge in [-0.2, -0.15) is 0 Å². The molecule has 0 atom stereocenters. The molecule has 108 heavy (non-hydrogen) atoms. The average molecular weight is 1410 g/mol. The van der Waals surface area contributed by atoms with E-state index < -0.39 is 36.6 Å². The molecule has 0 N–H and O–H groups in total. The summed E-state index contributed by atoms with van der Waals surface area (Å²) in [5, 5.41) is 21.0. The highest BCUT2D eigenvalue weighted by Crippen LogP contribution is 2.44. The molecule has 0 spiro atoms. The van der Waals surface area contributed by atoms with Crippen LogP contribution in [0.5, 0.6) is 0 Å². The second-order valence-electron chi connectivity index (χ2n) is 32.6. The van der Waals surface area contributed by atoms with Gasteiger partial charge < -0.3 is 41.2 Å². The van der Waals surface area contributed by atoms with E-state index in [0.717, 1.165) is 120 Å². The maximum Gasteiger partial charge on any atom is 0.495 e. The number of furan rings is 3. The summed E-state index contributed by atoms with van der Waals surface area (Å²) in [6.45, 7) is 25.2. The minimum absolute atomic E-state index is 0.367. The van der Waals surface area contributed by atoms with Gasteiger partial charge in [-0.3, -0.25) is 0 Å². The molecule has 528 valence electrons. The third-order valence-corrected chi connectivity index (χ3v) is 24.3. The smallest absolute Gasteiger partial charge is 0.456 e. The highest BCUT2D eigenvalue weighted by atomic mass is 16.7. The molecule has 3 fully saturated rings. The van der Waals surface area contributed by atoms with E-state index in [-0.39, 0.29) is 18.3 Å².